The molecule has 2 aromatic carbocycles. The molecule has 2 rings (SSSR count). The molecule has 0 spiro atoms. The lowest BCUT2D eigenvalue weighted by molar-refractivity contribution is -0.136. The van der Waals surface area contributed by atoms with Gasteiger partial charge in [-0.05, 0) is 12.0 Å². The zero-order chi connectivity index (χ0) is 15.1. The summed E-state index contributed by atoms with van der Waals surface area (Å²) in [7, 11) is 0. The summed E-state index contributed by atoms with van der Waals surface area (Å²) in [5.41, 5.74) is 1.87. The Hall–Kier alpha value is -2.68. The Kier molecular flexibility index (Phi) is 5.04. The molecule has 0 aromatic heterocycles. The molecule has 0 aliphatic carbocycles. The van der Waals surface area contributed by atoms with E-state index in [-0.39, 0.29) is 12.2 Å². The molecule has 106 valence electrons. The second kappa shape index (κ2) is 7.20. The highest BCUT2D eigenvalue weighted by Crippen LogP contribution is 2.13. The van der Waals surface area contributed by atoms with Crippen LogP contribution in [0.2, 0.25) is 0 Å². The van der Waals surface area contributed by atoms with Gasteiger partial charge in [-0.2, -0.15) is 0 Å². The smallest absolute Gasteiger partial charge is 0.307 e. The molecule has 2 aromatic rings. The topological polar surface area (TPSA) is 54.4 Å². The van der Waals surface area contributed by atoms with Gasteiger partial charge >= 0.3 is 5.97 Å². The third-order valence-corrected chi connectivity index (χ3v) is 3.10. The summed E-state index contributed by atoms with van der Waals surface area (Å²) in [4.78, 5) is 23.3. The molecule has 0 saturated heterocycles. The fraction of sp³-hybridized carbons (Fsp3) is 0.111. The van der Waals surface area contributed by atoms with Gasteiger partial charge in [0.25, 0.3) is 0 Å². The highest BCUT2D eigenvalue weighted by molar-refractivity contribution is 6.10. The fourth-order valence-corrected chi connectivity index (χ4v) is 2.04. The monoisotopic (exact) mass is 280 g/mol. The Bertz CT molecular complexity index is 643. The van der Waals surface area contributed by atoms with Gasteiger partial charge in [0, 0.05) is 11.1 Å². The molecule has 0 aliphatic rings. The maximum absolute atomic E-state index is 12.4. The molecule has 0 saturated carbocycles. The molecule has 0 bridgehead atoms. The Morgan fingerprint density at radius 1 is 0.905 bits per heavy atom. The third-order valence-electron chi connectivity index (χ3n) is 3.10. The molecular formula is C18H16O3. The first-order valence-electron chi connectivity index (χ1n) is 6.71. The summed E-state index contributed by atoms with van der Waals surface area (Å²) in [6.07, 6.45) is 1.99. The van der Waals surface area contributed by atoms with E-state index < -0.39 is 5.97 Å². The van der Waals surface area contributed by atoms with E-state index in [9.17, 15) is 9.59 Å². The van der Waals surface area contributed by atoms with Crippen LogP contribution in [0.15, 0.2) is 72.3 Å². The number of carbonyl (C=O) groups excluding carboxylic acids is 1. The Morgan fingerprint density at radius 3 is 2.05 bits per heavy atom. The molecule has 0 fully saturated rings. The number of allylic oxidation sites excluding steroid dienone is 1. The van der Waals surface area contributed by atoms with Crippen LogP contribution in [-0.2, 0) is 11.2 Å². The van der Waals surface area contributed by atoms with Crippen LogP contribution in [0.25, 0.3) is 0 Å². The van der Waals surface area contributed by atoms with E-state index in [0.717, 1.165) is 5.56 Å². The van der Waals surface area contributed by atoms with Crippen LogP contribution in [0, 0.1) is 0 Å². The van der Waals surface area contributed by atoms with E-state index in [1.807, 2.05) is 36.4 Å². The average Bonchev–Trinajstić information content (AvgIpc) is 2.52. The van der Waals surface area contributed by atoms with E-state index in [1.165, 1.54) is 0 Å². The van der Waals surface area contributed by atoms with Crippen molar-refractivity contribution in [2.45, 2.75) is 12.8 Å². The molecular weight excluding hydrogens is 264 g/mol. The molecule has 3 heteroatoms. The zero-order valence-electron chi connectivity index (χ0n) is 11.5. The van der Waals surface area contributed by atoms with Crippen molar-refractivity contribution in [3.05, 3.63) is 83.4 Å². The Morgan fingerprint density at radius 2 is 1.48 bits per heavy atom. The van der Waals surface area contributed by atoms with Gasteiger partial charge in [0.2, 0.25) is 0 Å². The van der Waals surface area contributed by atoms with Gasteiger partial charge in [-0.3, -0.25) is 9.59 Å². The normalized spacial score (nSPS) is 11.1. The number of carboxylic acid groups (broad SMARTS) is 1. The SMILES string of the molecule is O=C(O)CC(=CCc1ccccc1)C(=O)c1ccccc1. The second-order valence-corrected chi connectivity index (χ2v) is 4.68. The quantitative estimate of drug-likeness (QED) is 0.650. The first kappa shape index (κ1) is 14.7. The molecule has 1 N–H and O–H groups in total. The van der Waals surface area contributed by atoms with Crippen molar-refractivity contribution in [2.24, 2.45) is 0 Å². The number of hydrogen-bond donors (Lipinski definition) is 1. The summed E-state index contributed by atoms with van der Waals surface area (Å²) >= 11 is 0. The number of benzene rings is 2. The number of hydrogen-bond acceptors (Lipinski definition) is 2. The molecule has 0 amide bonds. The maximum atomic E-state index is 12.4. The summed E-state index contributed by atoms with van der Waals surface area (Å²) in [5.74, 6) is -1.23. The molecule has 3 nitrogen and oxygen atoms in total. The summed E-state index contributed by atoms with van der Waals surface area (Å²) in [6, 6.07) is 18.4. The van der Waals surface area contributed by atoms with Gasteiger partial charge < -0.3 is 5.11 Å². The first-order chi connectivity index (χ1) is 10.2. The summed E-state index contributed by atoms with van der Waals surface area (Å²) in [6.45, 7) is 0. The zero-order valence-corrected chi connectivity index (χ0v) is 11.5. The molecule has 0 unspecified atom stereocenters. The number of rotatable bonds is 6. The van der Waals surface area contributed by atoms with E-state index in [2.05, 4.69) is 0 Å². The predicted molar refractivity (Wildman–Crippen MR) is 81.3 cm³/mol. The average molecular weight is 280 g/mol. The van der Waals surface area contributed by atoms with Crippen molar-refractivity contribution in [3.8, 4) is 0 Å². The maximum Gasteiger partial charge on any atom is 0.307 e. The van der Waals surface area contributed by atoms with Crippen molar-refractivity contribution < 1.29 is 14.7 Å². The molecule has 0 heterocycles. The van der Waals surface area contributed by atoms with Crippen molar-refractivity contribution >= 4 is 11.8 Å². The largest absolute Gasteiger partial charge is 0.481 e. The standard InChI is InChI=1S/C18H16O3/c19-17(20)13-16(12-11-14-7-3-1-4-8-14)18(21)15-9-5-2-6-10-15/h1-10,12H,11,13H2,(H,19,20). The summed E-state index contributed by atoms with van der Waals surface area (Å²) in [5, 5.41) is 8.98. The van der Waals surface area contributed by atoms with Crippen LogP contribution in [0.3, 0.4) is 0 Å². The Balaban J connectivity index is 2.22. The van der Waals surface area contributed by atoms with Crippen molar-refractivity contribution in [1.82, 2.24) is 0 Å². The minimum Gasteiger partial charge on any atom is -0.481 e. The van der Waals surface area contributed by atoms with Crippen LogP contribution in [0.1, 0.15) is 22.3 Å². The van der Waals surface area contributed by atoms with Gasteiger partial charge in [-0.25, -0.2) is 0 Å². The third kappa shape index (κ3) is 4.42. The van der Waals surface area contributed by atoms with E-state index in [1.54, 1.807) is 30.3 Å². The minimum absolute atomic E-state index is 0.228. The molecule has 0 radical (unpaired) electrons. The van der Waals surface area contributed by atoms with E-state index in [0.29, 0.717) is 17.6 Å². The van der Waals surface area contributed by atoms with Gasteiger partial charge in [0.05, 0.1) is 6.42 Å². The van der Waals surface area contributed by atoms with Crippen LogP contribution in [0.4, 0.5) is 0 Å². The highest BCUT2D eigenvalue weighted by atomic mass is 16.4. The fourth-order valence-electron chi connectivity index (χ4n) is 2.04. The minimum atomic E-state index is -1.00. The van der Waals surface area contributed by atoms with Crippen LogP contribution in [0.5, 0.6) is 0 Å². The van der Waals surface area contributed by atoms with Gasteiger partial charge in [0.1, 0.15) is 0 Å². The van der Waals surface area contributed by atoms with E-state index >= 15 is 0 Å². The number of Topliss-reactive ketones (excluding diaryl/α,β-unsaturated/α-hetero) is 1. The highest BCUT2D eigenvalue weighted by Gasteiger charge is 2.14. The molecule has 21 heavy (non-hydrogen) atoms. The second-order valence-electron chi connectivity index (χ2n) is 4.68. The number of ketones is 1. The van der Waals surface area contributed by atoms with Gasteiger partial charge in [-0.15, -0.1) is 0 Å². The lowest BCUT2D eigenvalue weighted by atomic mass is 9.98. The van der Waals surface area contributed by atoms with Crippen LogP contribution >= 0.6 is 0 Å². The lowest BCUT2D eigenvalue weighted by Crippen LogP contribution is -2.09. The first-order valence-corrected chi connectivity index (χ1v) is 6.71. The number of carboxylic acids is 1. The summed E-state index contributed by atoms with van der Waals surface area (Å²) < 4.78 is 0. The number of aliphatic carboxylic acids is 1. The van der Waals surface area contributed by atoms with Crippen molar-refractivity contribution in [2.75, 3.05) is 0 Å². The van der Waals surface area contributed by atoms with Crippen molar-refractivity contribution in [3.63, 3.8) is 0 Å². The van der Waals surface area contributed by atoms with Gasteiger partial charge in [-0.1, -0.05) is 66.7 Å². The van der Waals surface area contributed by atoms with Crippen molar-refractivity contribution in [1.29, 1.82) is 0 Å². The number of carbonyl (C=O) groups is 2. The Labute approximate surface area is 123 Å². The lowest BCUT2D eigenvalue weighted by Gasteiger charge is -2.05. The van der Waals surface area contributed by atoms with Gasteiger partial charge in [0.15, 0.2) is 5.78 Å². The van der Waals surface area contributed by atoms with Crippen LogP contribution < -0.4 is 0 Å². The molecule has 0 atom stereocenters. The van der Waals surface area contributed by atoms with E-state index in [4.69, 9.17) is 5.11 Å². The van der Waals surface area contributed by atoms with Crippen LogP contribution in [-0.4, -0.2) is 16.9 Å². The molecule has 0 aliphatic heterocycles. The predicted octanol–water partition coefficient (Wildman–Crippen LogP) is 3.51.